The molecule has 1 aliphatic heterocycles. The van der Waals surface area contributed by atoms with Gasteiger partial charge in [-0.1, -0.05) is 19.1 Å². The van der Waals surface area contributed by atoms with Gasteiger partial charge in [0.15, 0.2) is 0 Å². The fourth-order valence-corrected chi connectivity index (χ4v) is 4.09. The number of rotatable bonds is 6. The van der Waals surface area contributed by atoms with E-state index in [1.807, 2.05) is 19.9 Å². The molecule has 6 heteroatoms. The Labute approximate surface area is 127 Å². The van der Waals surface area contributed by atoms with Gasteiger partial charge in [0.1, 0.15) is 0 Å². The molecule has 0 saturated carbocycles. The largest absolute Gasteiger partial charge is 0.381 e. The Morgan fingerprint density at radius 3 is 2.67 bits per heavy atom. The fourth-order valence-electron chi connectivity index (χ4n) is 2.50. The van der Waals surface area contributed by atoms with Crippen molar-refractivity contribution < 1.29 is 13.2 Å². The Kier molecular flexibility index (Phi) is 5.75. The molecule has 1 aromatic rings. The molecule has 0 spiro atoms. The van der Waals surface area contributed by atoms with E-state index in [1.54, 1.807) is 12.1 Å². The maximum atomic E-state index is 12.6. The Hall–Kier alpha value is -0.950. The number of hydrogen-bond acceptors (Lipinski definition) is 4. The van der Waals surface area contributed by atoms with Crippen LogP contribution in [0.15, 0.2) is 23.1 Å². The average Bonchev–Trinajstić information content (AvgIpc) is 2.46. The highest BCUT2D eigenvalue weighted by Crippen LogP contribution is 2.20. The van der Waals surface area contributed by atoms with Crippen LogP contribution < -0.4 is 10.0 Å². The predicted octanol–water partition coefficient (Wildman–Crippen LogP) is 1.56. The minimum Gasteiger partial charge on any atom is -0.381 e. The van der Waals surface area contributed by atoms with Crippen molar-refractivity contribution >= 4 is 10.0 Å². The molecule has 118 valence electrons. The molecule has 0 amide bonds. The standard InChI is InChI=1S/C15H24N2O3S/c1-3-16-11-13-5-4-6-15(12(13)2)21(18,19)17-14-7-9-20-10-8-14/h4-6,14,16-17H,3,7-11H2,1-2H3. The van der Waals surface area contributed by atoms with Gasteiger partial charge in [0, 0.05) is 25.8 Å². The van der Waals surface area contributed by atoms with Crippen LogP contribution in [0.2, 0.25) is 0 Å². The van der Waals surface area contributed by atoms with Crippen LogP contribution in [0.3, 0.4) is 0 Å². The lowest BCUT2D eigenvalue weighted by molar-refractivity contribution is 0.0832. The number of nitrogens with one attached hydrogen (secondary N) is 2. The first-order valence-corrected chi connectivity index (χ1v) is 8.92. The van der Waals surface area contributed by atoms with Crippen molar-refractivity contribution in [3.05, 3.63) is 29.3 Å². The molecule has 5 nitrogen and oxygen atoms in total. The van der Waals surface area contributed by atoms with Crippen molar-refractivity contribution in [3.8, 4) is 0 Å². The molecule has 0 radical (unpaired) electrons. The van der Waals surface area contributed by atoms with E-state index >= 15 is 0 Å². The zero-order chi connectivity index (χ0) is 15.3. The number of benzene rings is 1. The maximum absolute atomic E-state index is 12.6. The van der Waals surface area contributed by atoms with Crippen molar-refractivity contribution in [1.29, 1.82) is 0 Å². The van der Waals surface area contributed by atoms with Crippen LogP contribution in [0.1, 0.15) is 30.9 Å². The normalized spacial score (nSPS) is 17.0. The molecule has 0 aromatic heterocycles. The third kappa shape index (κ3) is 4.26. The molecule has 0 atom stereocenters. The summed E-state index contributed by atoms with van der Waals surface area (Å²) in [5, 5.41) is 3.23. The zero-order valence-electron chi connectivity index (χ0n) is 12.7. The average molecular weight is 312 g/mol. The van der Waals surface area contributed by atoms with Gasteiger partial charge >= 0.3 is 0 Å². The lowest BCUT2D eigenvalue weighted by atomic mass is 10.1. The Balaban J connectivity index is 2.18. The summed E-state index contributed by atoms with van der Waals surface area (Å²) in [5.41, 5.74) is 1.84. The van der Waals surface area contributed by atoms with E-state index in [0.29, 0.717) is 24.7 Å². The van der Waals surface area contributed by atoms with Gasteiger partial charge < -0.3 is 10.1 Å². The molecule has 21 heavy (non-hydrogen) atoms. The Bertz CT molecular complexity index is 566. The SMILES string of the molecule is CCNCc1cccc(S(=O)(=O)NC2CCOCC2)c1C. The minimum atomic E-state index is -3.47. The molecule has 2 N–H and O–H groups in total. The van der Waals surface area contributed by atoms with Crippen molar-refractivity contribution in [1.82, 2.24) is 10.0 Å². The molecular weight excluding hydrogens is 288 g/mol. The van der Waals surface area contributed by atoms with Crippen LogP contribution >= 0.6 is 0 Å². The van der Waals surface area contributed by atoms with Gasteiger partial charge in [-0.2, -0.15) is 0 Å². The van der Waals surface area contributed by atoms with E-state index < -0.39 is 10.0 Å². The van der Waals surface area contributed by atoms with Crippen LogP contribution in [0.25, 0.3) is 0 Å². The topological polar surface area (TPSA) is 67.4 Å². The van der Waals surface area contributed by atoms with E-state index in [1.165, 1.54) is 0 Å². The lowest BCUT2D eigenvalue weighted by Crippen LogP contribution is -2.39. The summed E-state index contributed by atoms with van der Waals surface area (Å²) in [7, 11) is -3.47. The van der Waals surface area contributed by atoms with Crippen LogP contribution in [0.5, 0.6) is 0 Å². The molecular formula is C15H24N2O3S. The number of ether oxygens (including phenoxy) is 1. The van der Waals surface area contributed by atoms with Crippen molar-refractivity contribution in [2.45, 2.75) is 44.2 Å². The van der Waals surface area contributed by atoms with Crippen LogP contribution in [-0.4, -0.2) is 34.2 Å². The summed E-state index contributed by atoms with van der Waals surface area (Å²) in [4.78, 5) is 0.379. The predicted molar refractivity (Wildman–Crippen MR) is 82.7 cm³/mol. The summed E-state index contributed by atoms with van der Waals surface area (Å²) in [6.07, 6.45) is 1.46. The van der Waals surface area contributed by atoms with Gasteiger partial charge in [0.05, 0.1) is 4.90 Å². The van der Waals surface area contributed by atoms with Crippen LogP contribution in [0.4, 0.5) is 0 Å². The second-order valence-corrected chi connectivity index (χ2v) is 7.01. The van der Waals surface area contributed by atoms with Gasteiger partial charge in [0.2, 0.25) is 10.0 Å². The molecule has 0 aliphatic carbocycles. The van der Waals surface area contributed by atoms with E-state index in [9.17, 15) is 8.42 Å². The van der Waals surface area contributed by atoms with E-state index in [2.05, 4.69) is 10.0 Å². The van der Waals surface area contributed by atoms with Gasteiger partial charge in [0.25, 0.3) is 0 Å². The molecule has 1 saturated heterocycles. The fraction of sp³-hybridized carbons (Fsp3) is 0.600. The molecule has 1 aromatic carbocycles. The van der Waals surface area contributed by atoms with Crippen LogP contribution in [-0.2, 0) is 21.3 Å². The summed E-state index contributed by atoms with van der Waals surface area (Å²) in [6.45, 7) is 6.67. The summed E-state index contributed by atoms with van der Waals surface area (Å²) < 4.78 is 33.2. The first kappa shape index (κ1) is 16.4. The number of hydrogen-bond donors (Lipinski definition) is 2. The minimum absolute atomic E-state index is 0.0272. The van der Waals surface area contributed by atoms with E-state index in [0.717, 1.165) is 30.5 Å². The van der Waals surface area contributed by atoms with E-state index in [4.69, 9.17) is 4.74 Å². The summed E-state index contributed by atoms with van der Waals surface area (Å²) in [5.74, 6) is 0. The van der Waals surface area contributed by atoms with Crippen molar-refractivity contribution in [3.63, 3.8) is 0 Å². The molecule has 1 heterocycles. The zero-order valence-corrected chi connectivity index (χ0v) is 13.5. The molecule has 0 unspecified atom stereocenters. The summed E-state index contributed by atoms with van der Waals surface area (Å²) >= 11 is 0. The Morgan fingerprint density at radius 2 is 2.00 bits per heavy atom. The van der Waals surface area contributed by atoms with Crippen molar-refractivity contribution in [2.24, 2.45) is 0 Å². The van der Waals surface area contributed by atoms with Gasteiger partial charge in [-0.3, -0.25) is 0 Å². The highest BCUT2D eigenvalue weighted by Gasteiger charge is 2.24. The lowest BCUT2D eigenvalue weighted by Gasteiger charge is -2.23. The third-order valence-electron chi connectivity index (χ3n) is 3.79. The first-order chi connectivity index (χ1) is 10.0. The molecule has 1 fully saturated rings. The van der Waals surface area contributed by atoms with Crippen LogP contribution in [0, 0.1) is 6.92 Å². The third-order valence-corrected chi connectivity index (χ3v) is 5.46. The van der Waals surface area contributed by atoms with Crippen molar-refractivity contribution in [2.75, 3.05) is 19.8 Å². The second-order valence-electron chi connectivity index (χ2n) is 5.33. The molecule has 2 rings (SSSR count). The van der Waals surface area contributed by atoms with E-state index in [-0.39, 0.29) is 6.04 Å². The summed E-state index contributed by atoms with van der Waals surface area (Å²) in [6, 6.07) is 5.41. The smallest absolute Gasteiger partial charge is 0.241 e. The highest BCUT2D eigenvalue weighted by atomic mass is 32.2. The quantitative estimate of drug-likeness (QED) is 0.836. The first-order valence-electron chi connectivity index (χ1n) is 7.44. The van der Waals surface area contributed by atoms with Gasteiger partial charge in [-0.15, -0.1) is 0 Å². The molecule has 0 bridgehead atoms. The maximum Gasteiger partial charge on any atom is 0.241 e. The highest BCUT2D eigenvalue weighted by molar-refractivity contribution is 7.89. The number of sulfonamides is 1. The van der Waals surface area contributed by atoms with Gasteiger partial charge in [-0.05, 0) is 43.5 Å². The van der Waals surface area contributed by atoms with Gasteiger partial charge in [-0.25, -0.2) is 13.1 Å². The monoisotopic (exact) mass is 312 g/mol. The Morgan fingerprint density at radius 1 is 1.29 bits per heavy atom. The molecule has 1 aliphatic rings. The second kappa shape index (κ2) is 7.35.